The summed E-state index contributed by atoms with van der Waals surface area (Å²) in [5.41, 5.74) is 4.87. The Kier molecular flexibility index (Phi) is 3.07. The zero-order valence-electron chi connectivity index (χ0n) is 12.1. The highest BCUT2D eigenvalue weighted by atomic mass is 35.5. The van der Waals surface area contributed by atoms with Gasteiger partial charge in [0.05, 0.1) is 11.6 Å². The van der Waals surface area contributed by atoms with Gasteiger partial charge in [-0.15, -0.1) is 11.6 Å². The summed E-state index contributed by atoms with van der Waals surface area (Å²) in [6.45, 7) is 0. The summed E-state index contributed by atoms with van der Waals surface area (Å²) in [5.74, 6) is 0.633. The van der Waals surface area contributed by atoms with Crippen LogP contribution in [0.3, 0.4) is 0 Å². The molecule has 22 heavy (non-hydrogen) atoms. The monoisotopic (exact) mass is 339 g/mol. The molecule has 3 N–H and O–H groups in total. The number of anilines is 1. The molecule has 0 aromatic carbocycles. The third-order valence-corrected chi connectivity index (χ3v) is 6.81. The van der Waals surface area contributed by atoms with Gasteiger partial charge in [0, 0.05) is 4.87 Å². The molecule has 4 fully saturated rings. The van der Waals surface area contributed by atoms with Crippen LogP contribution in [0.2, 0.25) is 0 Å². The first-order chi connectivity index (χ1) is 10.4. The van der Waals surface area contributed by atoms with Gasteiger partial charge in [-0.1, -0.05) is 11.3 Å². The molecule has 0 unspecified atom stereocenters. The Morgan fingerprint density at radius 2 is 2.00 bits per heavy atom. The van der Waals surface area contributed by atoms with Crippen LogP contribution < -0.4 is 11.1 Å². The van der Waals surface area contributed by atoms with E-state index in [4.69, 9.17) is 17.3 Å². The number of halogens is 1. The number of aromatic nitrogens is 1. The van der Waals surface area contributed by atoms with Gasteiger partial charge in [-0.25, -0.2) is 4.98 Å². The number of amides is 2. The molecule has 2 amide bonds. The highest BCUT2D eigenvalue weighted by molar-refractivity contribution is 7.17. The van der Waals surface area contributed by atoms with Crippen LogP contribution in [0.15, 0.2) is 6.20 Å². The van der Waals surface area contributed by atoms with Gasteiger partial charge in [-0.2, -0.15) is 0 Å². The van der Waals surface area contributed by atoms with Gasteiger partial charge in [0.25, 0.3) is 5.91 Å². The maximum absolute atomic E-state index is 12.9. The van der Waals surface area contributed by atoms with Crippen molar-refractivity contribution in [3.63, 3.8) is 0 Å². The second-order valence-corrected chi connectivity index (χ2v) is 9.07. The number of nitrogens with one attached hydrogen (secondary N) is 1. The average molecular weight is 340 g/mol. The Bertz CT molecular complexity index is 645. The molecule has 0 radical (unpaired) electrons. The minimum Gasteiger partial charge on any atom is -0.365 e. The van der Waals surface area contributed by atoms with Gasteiger partial charge >= 0.3 is 0 Å². The van der Waals surface area contributed by atoms with E-state index >= 15 is 0 Å². The second-order valence-electron chi connectivity index (χ2n) is 7.24. The lowest BCUT2D eigenvalue weighted by atomic mass is 9.49. The predicted octanol–water partition coefficient (Wildman–Crippen LogP) is 2.76. The van der Waals surface area contributed by atoms with E-state index in [9.17, 15) is 9.59 Å². The number of carbonyl (C=O) groups excluding carboxylic acids is 2. The van der Waals surface area contributed by atoms with Crippen molar-refractivity contribution >= 4 is 39.9 Å². The van der Waals surface area contributed by atoms with Crippen molar-refractivity contribution in [3.05, 3.63) is 11.1 Å². The number of thiazole rings is 1. The SMILES string of the molecule is NC(=O)c1cnc(NC(=O)C23C[C@H]4C[C@@H](CC(Cl)(C4)C2)C3)s1. The average Bonchev–Trinajstić information content (AvgIpc) is 2.84. The Morgan fingerprint density at radius 3 is 2.55 bits per heavy atom. The molecule has 5 nitrogen and oxygen atoms in total. The molecule has 4 bridgehead atoms. The molecule has 1 heterocycles. The summed E-state index contributed by atoms with van der Waals surface area (Å²) < 4.78 is 0. The summed E-state index contributed by atoms with van der Waals surface area (Å²) >= 11 is 7.88. The van der Waals surface area contributed by atoms with Crippen molar-refractivity contribution in [3.8, 4) is 0 Å². The normalized spacial score (nSPS) is 39.0. The summed E-state index contributed by atoms with van der Waals surface area (Å²) in [5, 5.41) is 3.34. The first-order valence-corrected chi connectivity index (χ1v) is 8.83. The highest BCUT2D eigenvalue weighted by Crippen LogP contribution is 2.64. The van der Waals surface area contributed by atoms with E-state index in [1.807, 2.05) is 0 Å². The molecule has 4 aliphatic rings. The zero-order valence-corrected chi connectivity index (χ0v) is 13.7. The fraction of sp³-hybridized carbons (Fsp3) is 0.667. The molecule has 2 atom stereocenters. The lowest BCUT2D eigenvalue weighted by molar-refractivity contribution is -0.138. The number of nitrogens with zero attached hydrogens (tertiary/aromatic N) is 1. The van der Waals surface area contributed by atoms with E-state index in [1.54, 1.807) is 0 Å². The minimum absolute atomic E-state index is 0.0111. The number of hydrogen-bond acceptors (Lipinski definition) is 4. The molecule has 0 aliphatic heterocycles. The van der Waals surface area contributed by atoms with E-state index in [2.05, 4.69) is 10.3 Å². The Balaban J connectivity index is 1.56. The van der Waals surface area contributed by atoms with Crippen molar-refractivity contribution in [2.45, 2.75) is 43.4 Å². The standard InChI is InChI=1S/C15H18ClN3O2S/c16-15-4-8-1-9(5-15)3-14(2-8,7-15)12(21)19-13-18-6-10(22-13)11(17)20/h6,8-9H,1-5,7H2,(H2,17,20)(H,18,19,21)/t8-,9-,14?,15?/m1/s1. The maximum Gasteiger partial charge on any atom is 0.260 e. The van der Waals surface area contributed by atoms with Gasteiger partial charge < -0.3 is 11.1 Å². The second kappa shape index (κ2) is 4.68. The van der Waals surface area contributed by atoms with Crippen LogP contribution in [0.5, 0.6) is 0 Å². The molecule has 4 aliphatic carbocycles. The van der Waals surface area contributed by atoms with Crippen LogP contribution in [0.4, 0.5) is 5.13 Å². The van der Waals surface area contributed by atoms with Gasteiger partial charge in [0.1, 0.15) is 4.88 Å². The third-order valence-electron chi connectivity index (χ3n) is 5.44. The molecule has 0 saturated heterocycles. The topological polar surface area (TPSA) is 85.1 Å². The molecule has 0 spiro atoms. The van der Waals surface area contributed by atoms with Gasteiger partial charge in [-0.3, -0.25) is 9.59 Å². The Labute approximate surface area is 137 Å². The quantitative estimate of drug-likeness (QED) is 0.830. The smallest absolute Gasteiger partial charge is 0.260 e. The largest absolute Gasteiger partial charge is 0.365 e. The van der Waals surface area contributed by atoms with E-state index in [-0.39, 0.29) is 16.2 Å². The fourth-order valence-corrected chi connectivity index (χ4v) is 6.45. The van der Waals surface area contributed by atoms with Crippen LogP contribution in [0.1, 0.15) is 48.2 Å². The molecule has 118 valence electrons. The van der Waals surface area contributed by atoms with Crippen LogP contribution in [0.25, 0.3) is 0 Å². The number of nitrogens with two attached hydrogens (primary N) is 1. The molecule has 4 saturated carbocycles. The number of primary amides is 1. The van der Waals surface area contributed by atoms with Crippen LogP contribution >= 0.6 is 22.9 Å². The molecule has 1 aromatic rings. The Hall–Kier alpha value is -1.14. The van der Waals surface area contributed by atoms with Crippen LogP contribution in [-0.4, -0.2) is 21.7 Å². The van der Waals surface area contributed by atoms with Crippen LogP contribution in [0, 0.1) is 17.3 Å². The van der Waals surface area contributed by atoms with Crippen molar-refractivity contribution in [1.82, 2.24) is 4.98 Å². The molecule has 1 aromatic heterocycles. The van der Waals surface area contributed by atoms with Crippen molar-refractivity contribution in [1.29, 1.82) is 0 Å². The molecular formula is C15H18ClN3O2S. The third kappa shape index (κ3) is 2.24. The number of rotatable bonds is 3. The Morgan fingerprint density at radius 1 is 1.32 bits per heavy atom. The van der Waals surface area contributed by atoms with E-state index < -0.39 is 5.91 Å². The van der Waals surface area contributed by atoms with Gasteiger partial charge in [-0.05, 0) is 50.4 Å². The minimum atomic E-state index is -0.521. The number of carbonyl (C=O) groups is 2. The summed E-state index contributed by atoms with van der Waals surface area (Å²) in [6.07, 6.45) is 7.33. The van der Waals surface area contributed by atoms with Gasteiger partial charge in [0.2, 0.25) is 5.91 Å². The molecular weight excluding hydrogens is 322 g/mol. The zero-order chi connectivity index (χ0) is 15.5. The van der Waals surface area contributed by atoms with E-state index in [0.717, 1.165) is 43.4 Å². The number of alkyl halides is 1. The van der Waals surface area contributed by atoms with E-state index in [1.165, 1.54) is 12.6 Å². The van der Waals surface area contributed by atoms with Crippen molar-refractivity contribution in [2.24, 2.45) is 23.0 Å². The lowest BCUT2D eigenvalue weighted by Crippen LogP contribution is -2.57. The van der Waals surface area contributed by atoms with Crippen molar-refractivity contribution < 1.29 is 9.59 Å². The predicted molar refractivity (Wildman–Crippen MR) is 85.0 cm³/mol. The fourth-order valence-electron chi connectivity index (χ4n) is 5.09. The molecule has 7 heteroatoms. The summed E-state index contributed by atoms with van der Waals surface area (Å²) in [4.78, 5) is 28.2. The maximum atomic E-state index is 12.9. The van der Waals surface area contributed by atoms with Gasteiger partial charge in [0.15, 0.2) is 5.13 Å². The van der Waals surface area contributed by atoms with Crippen LogP contribution in [-0.2, 0) is 4.79 Å². The summed E-state index contributed by atoms with van der Waals surface area (Å²) in [6, 6.07) is 0. The highest BCUT2D eigenvalue weighted by Gasteiger charge is 2.60. The number of hydrogen-bond donors (Lipinski definition) is 2. The van der Waals surface area contributed by atoms with E-state index in [0.29, 0.717) is 21.8 Å². The first kappa shape index (κ1) is 14.5. The molecule has 5 rings (SSSR count). The summed E-state index contributed by atoms with van der Waals surface area (Å²) in [7, 11) is 0. The first-order valence-electron chi connectivity index (χ1n) is 7.64. The van der Waals surface area contributed by atoms with Crippen molar-refractivity contribution in [2.75, 3.05) is 5.32 Å². The lowest BCUT2D eigenvalue weighted by Gasteiger charge is -2.59.